The van der Waals surface area contributed by atoms with Crippen molar-refractivity contribution in [2.75, 3.05) is 32.8 Å². The molecule has 1 heterocycles. The van der Waals surface area contributed by atoms with Gasteiger partial charge < -0.3 is 15.4 Å². The Morgan fingerprint density at radius 3 is 2.33 bits per heavy atom. The quantitative estimate of drug-likeness (QED) is 0.730. The van der Waals surface area contributed by atoms with Crippen LogP contribution >= 0.6 is 0 Å². The smallest absolute Gasteiger partial charge is 0.242 e. The monoisotopic (exact) mass is 339 g/mol. The van der Waals surface area contributed by atoms with E-state index in [1.807, 2.05) is 0 Å². The lowest BCUT2D eigenvalue weighted by atomic mass is 9.96. The number of nitrogens with zero attached hydrogens (tertiary/aromatic N) is 1. The maximum Gasteiger partial charge on any atom is 0.242 e. The minimum Gasteiger partial charge on any atom is -0.379 e. The maximum absolute atomic E-state index is 12.7. The van der Waals surface area contributed by atoms with Gasteiger partial charge in [-0.05, 0) is 24.7 Å². The molecule has 0 aromatic rings. The van der Waals surface area contributed by atoms with Crippen LogP contribution in [0.25, 0.3) is 0 Å². The third kappa shape index (κ3) is 5.45. The molecular formula is C18H33N3O3. The molecule has 6 nitrogen and oxygen atoms in total. The number of ether oxygens (including phenoxy) is 1. The lowest BCUT2D eigenvalue weighted by Gasteiger charge is -2.37. The molecule has 0 aromatic carbocycles. The van der Waals surface area contributed by atoms with Gasteiger partial charge in [-0.25, -0.2) is 0 Å². The molecule has 0 aromatic heterocycles. The predicted octanol–water partition coefficient (Wildman–Crippen LogP) is 1.15. The van der Waals surface area contributed by atoms with Gasteiger partial charge in [0.2, 0.25) is 11.8 Å². The topological polar surface area (TPSA) is 70.7 Å². The largest absolute Gasteiger partial charge is 0.379 e. The fourth-order valence-corrected chi connectivity index (χ4v) is 3.92. The molecule has 6 heteroatoms. The first-order valence-electron chi connectivity index (χ1n) is 9.35. The van der Waals surface area contributed by atoms with Gasteiger partial charge in [0.25, 0.3) is 0 Å². The van der Waals surface area contributed by atoms with E-state index in [1.165, 1.54) is 6.92 Å². The summed E-state index contributed by atoms with van der Waals surface area (Å²) in [6.07, 6.45) is 4.34. The van der Waals surface area contributed by atoms with Crippen molar-refractivity contribution in [2.24, 2.45) is 11.8 Å². The summed E-state index contributed by atoms with van der Waals surface area (Å²) in [4.78, 5) is 26.6. The molecular weight excluding hydrogens is 306 g/mol. The Morgan fingerprint density at radius 1 is 1.17 bits per heavy atom. The summed E-state index contributed by atoms with van der Waals surface area (Å²) >= 11 is 0. The van der Waals surface area contributed by atoms with Crippen LogP contribution in [-0.4, -0.2) is 61.6 Å². The Kier molecular flexibility index (Phi) is 7.49. The van der Waals surface area contributed by atoms with Crippen molar-refractivity contribution < 1.29 is 14.3 Å². The Morgan fingerprint density at radius 2 is 1.79 bits per heavy atom. The number of nitrogens with one attached hydrogen (secondary N) is 2. The third-order valence-corrected chi connectivity index (χ3v) is 5.28. The maximum atomic E-state index is 12.7. The first kappa shape index (κ1) is 19.2. The van der Waals surface area contributed by atoms with Crippen LogP contribution in [0.5, 0.6) is 0 Å². The van der Waals surface area contributed by atoms with Crippen LogP contribution in [0.15, 0.2) is 0 Å². The van der Waals surface area contributed by atoms with Crippen LogP contribution < -0.4 is 10.6 Å². The lowest BCUT2D eigenvalue weighted by Crippen LogP contribution is -2.55. The Bertz CT molecular complexity index is 416. The molecule has 1 saturated heterocycles. The molecule has 2 atom stereocenters. The Hall–Kier alpha value is -1.14. The van der Waals surface area contributed by atoms with Gasteiger partial charge in [-0.1, -0.05) is 26.7 Å². The van der Waals surface area contributed by atoms with E-state index in [0.717, 1.165) is 52.0 Å². The summed E-state index contributed by atoms with van der Waals surface area (Å²) in [5.41, 5.74) is 0. The van der Waals surface area contributed by atoms with Gasteiger partial charge in [-0.15, -0.1) is 0 Å². The standard InChI is InChI=1S/C18H33N3O3/c1-13(2)16(21-8-10-24-11-9-21)12-19-18(23)17(20-14(3)22)15-6-4-5-7-15/h13,15-17H,4-12H2,1-3H3,(H,19,23)(H,20,22). The highest BCUT2D eigenvalue weighted by molar-refractivity contribution is 5.87. The molecule has 2 aliphatic rings. The van der Waals surface area contributed by atoms with Gasteiger partial charge >= 0.3 is 0 Å². The van der Waals surface area contributed by atoms with Crippen molar-refractivity contribution in [3.8, 4) is 0 Å². The number of rotatable bonds is 7. The molecule has 1 aliphatic heterocycles. The molecule has 0 bridgehead atoms. The minimum atomic E-state index is -0.387. The van der Waals surface area contributed by atoms with Crippen LogP contribution in [0.1, 0.15) is 46.5 Å². The van der Waals surface area contributed by atoms with Crippen LogP contribution in [0, 0.1) is 11.8 Å². The van der Waals surface area contributed by atoms with Crippen molar-refractivity contribution >= 4 is 11.8 Å². The average molecular weight is 339 g/mol. The summed E-state index contributed by atoms with van der Waals surface area (Å²) in [7, 11) is 0. The fourth-order valence-electron chi connectivity index (χ4n) is 3.92. The zero-order valence-corrected chi connectivity index (χ0v) is 15.3. The van der Waals surface area contributed by atoms with Crippen LogP contribution in [0.2, 0.25) is 0 Å². The summed E-state index contributed by atoms with van der Waals surface area (Å²) in [6.45, 7) is 9.83. The van der Waals surface area contributed by atoms with Crippen molar-refractivity contribution in [2.45, 2.75) is 58.5 Å². The molecule has 0 radical (unpaired) electrons. The summed E-state index contributed by atoms with van der Waals surface area (Å²) in [6, 6.07) is -0.0816. The second-order valence-corrected chi connectivity index (χ2v) is 7.43. The van der Waals surface area contributed by atoms with Crippen LogP contribution in [-0.2, 0) is 14.3 Å². The molecule has 138 valence electrons. The highest BCUT2D eigenvalue weighted by atomic mass is 16.5. The molecule has 24 heavy (non-hydrogen) atoms. The average Bonchev–Trinajstić information content (AvgIpc) is 3.07. The minimum absolute atomic E-state index is 0.0315. The van der Waals surface area contributed by atoms with Gasteiger partial charge in [0.1, 0.15) is 6.04 Å². The molecule has 0 spiro atoms. The molecule has 2 rings (SSSR count). The van der Waals surface area contributed by atoms with Gasteiger partial charge in [0.05, 0.1) is 13.2 Å². The van der Waals surface area contributed by atoms with Gasteiger partial charge in [0.15, 0.2) is 0 Å². The van der Waals surface area contributed by atoms with E-state index in [0.29, 0.717) is 18.5 Å². The summed E-state index contributed by atoms with van der Waals surface area (Å²) in [5, 5.41) is 5.98. The molecule has 1 saturated carbocycles. The normalized spacial score (nSPS) is 22.3. The number of hydrogen-bond donors (Lipinski definition) is 2. The fraction of sp³-hybridized carbons (Fsp3) is 0.889. The second-order valence-electron chi connectivity index (χ2n) is 7.43. The first-order chi connectivity index (χ1) is 11.5. The van der Waals surface area contributed by atoms with Crippen molar-refractivity contribution in [1.82, 2.24) is 15.5 Å². The Balaban J connectivity index is 1.92. The zero-order valence-electron chi connectivity index (χ0n) is 15.3. The number of morpholine rings is 1. The lowest BCUT2D eigenvalue weighted by molar-refractivity contribution is -0.129. The number of amides is 2. The summed E-state index contributed by atoms with van der Waals surface area (Å²) in [5.74, 6) is 0.565. The van der Waals surface area contributed by atoms with E-state index in [-0.39, 0.29) is 23.8 Å². The van der Waals surface area contributed by atoms with E-state index in [1.54, 1.807) is 0 Å². The molecule has 1 aliphatic carbocycles. The Labute approximate surface area is 145 Å². The number of carbonyl (C=O) groups excluding carboxylic acids is 2. The second kappa shape index (κ2) is 9.37. The molecule has 2 unspecified atom stereocenters. The van der Waals surface area contributed by atoms with Crippen LogP contribution in [0.4, 0.5) is 0 Å². The highest BCUT2D eigenvalue weighted by Gasteiger charge is 2.32. The van der Waals surface area contributed by atoms with E-state index < -0.39 is 0 Å². The first-order valence-corrected chi connectivity index (χ1v) is 9.35. The molecule has 2 amide bonds. The highest BCUT2D eigenvalue weighted by Crippen LogP contribution is 2.28. The van der Waals surface area contributed by atoms with Crippen LogP contribution in [0.3, 0.4) is 0 Å². The van der Waals surface area contributed by atoms with Gasteiger partial charge in [-0.2, -0.15) is 0 Å². The van der Waals surface area contributed by atoms with Crippen molar-refractivity contribution in [1.29, 1.82) is 0 Å². The molecule has 2 fully saturated rings. The van der Waals surface area contributed by atoms with E-state index in [9.17, 15) is 9.59 Å². The zero-order chi connectivity index (χ0) is 17.5. The number of carbonyl (C=O) groups is 2. The van der Waals surface area contributed by atoms with E-state index in [2.05, 4.69) is 29.4 Å². The van der Waals surface area contributed by atoms with Crippen molar-refractivity contribution in [3.05, 3.63) is 0 Å². The number of hydrogen-bond acceptors (Lipinski definition) is 4. The van der Waals surface area contributed by atoms with E-state index >= 15 is 0 Å². The van der Waals surface area contributed by atoms with Crippen molar-refractivity contribution in [3.63, 3.8) is 0 Å². The molecule has 2 N–H and O–H groups in total. The SMILES string of the molecule is CC(=O)NC(C(=O)NCC(C(C)C)N1CCOCC1)C1CCCC1. The summed E-state index contributed by atoms with van der Waals surface area (Å²) < 4.78 is 5.43. The van der Waals surface area contributed by atoms with Gasteiger partial charge in [-0.3, -0.25) is 14.5 Å². The predicted molar refractivity (Wildman–Crippen MR) is 93.6 cm³/mol. The third-order valence-electron chi connectivity index (χ3n) is 5.28. The van der Waals surface area contributed by atoms with E-state index in [4.69, 9.17) is 4.74 Å². The van der Waals surface area contributed by atoms with Gasteiger partial charge in [0, 0.05) is 32.6 Å².